The maximum atomic E-state index is 12.1. The average molecular weight is 888 g/mol. The van der Waals surface area contributed by atoms with E-state index in [1.165, 1.54) is 6.42 Å². The molecule has 0 aromatic heterocycles. The molecular formula is C53H93NO9. The number of rotatable bonds is 9. The molecule has 15 atom stereocenters. The zero-order chi connectivity index (χ0) is 45.9. The van der Waals surface area contributed by atoms with Gasteiger partial charge in [0.25, 0.3) is 0 Å². The minimum Gasteiger partial charge on any atom is -0.394 e. The Morgan fingerprint density at radius 3 is 2.30 bits per heavy atom. The number of piperidine rings is 1. The van der Waals surface area contributed by atoms with Gasteiger partial charge in [0.05, 0.1) is 56.4 Å². The Labute approximate surface area is 384 Å². The molecule has 1 aliphatic carbocycles. The highest BCUT2D eigenvalue weighted by molar-refractivity contribution is 5.18. The van der Waals surface area contributed by atoms with Gasteiger partial charge in [-0.25, -0.2) is 0 Å². The van der Waals surface area contributed by atoms with Crippen LogP contribution >= 0.6 is 0 Å². The molecule has 4 aliphatic rings. The first kappa shape index (κ1) is 54.2. The number of aliphatic hydroxyl groups excluding tert-OH is 2. The Hall–Kier alpha value is -1.44. The molecule has 0 amide bonds. The second-order valence-corrected chi connectivity index (χ2v) is 20.5. The Balaban J connectivity index is 1.55. The van der Waals surface area contributed by atoms with E-state index in [0.717, 1.165) is 101 Å². The van der Waals surface area contributed by atoms with Crippen molar-refractivity contribution >= 4 is 0 Å². The van der Waals surface area contributed by atoms with Crippen molar-refractivity contribution in [3.8, 4) is 0 Å². The Morgan fingerprint density at radius 2 is 1.57 bits per heavy atom. The summed E-state index contributed by atoms with van der Waals surface area (Å²) >= 11 is 0. The number of allylic oxidation sites excluding steroid dienone is 6. The molecule has 0 aromatic carbocycles. The molecule has 2 saturated heterocycles. The molecule has 10 nitrogen and oxygen atoms in total. The van der Waals surface area contributed by atoms with Crippen molar-refractivity contribution in [3.63, 3.8) is 0 Å². The molecule has 0 spiro atoms. The van der Waals surface area contributed by atoms with Gasteiger partial charge in [-0.2, -0.15) is 0 Å². The summed E-state index contributed by atoms with van der Waals surface area (Å²) in [5.74, 6) is 0.768. The second-order valence-electron chi connectivity index (χ2n) is 20.5. The van der Waals surface area contributed by atoms with Crippen molar-refractivity contribution in [3.05, 3.63) is 47.6 Å². The molecule has 3 heterocycles. The average Bonchev–Trinajstić information content (AvgIpc) is 3.26. The standard InChI is InChI=1S/C53H93NO9/c1-37-16-12-11-13-17-40(4)49(58-8)35-46-22-20-43(7)53(57,63-46)25-27-54-26-15-14-18-45(54)36-62-47(41(5)33-44-21-24-48(61-29-28-55)50(34-44)59-9)23-19-38(2)31-42(6)52(56)51(60-10)32-39(3)30-37/h11-13,16-17,31,37-39,41,43-52,55-57H,14-15,18-30,32-36H2,1-10H3/b13-11?,16-12+,40-17?,42-31+/t37-,38-,39-,41-,43-,44+,45+,46+,47+,48-,49+,50-,51-,52-,53-/m1/s1. The smallest absolute Gasteiger partial charge is 0.169 e. The molecule has 4 rings (SSSR count). The van der Waals surface area contributed by atoms with Gasteiger partial charge in [0, 0.05) is 52.7 Å². The van der Waals surface area contributed by atoms with Crippen molar-refractivity contribution in [1.82, 2.24) is 4.90 Å². The number of aliphatic hydroxyl groups is 3. The van der Waals surface area contributed by atoms with Gasteiger partial charge in [-0.1, -0.05) is 77.5 Å². The number of nitrogens with zero attached hydrogens (tertiary/aromatic N) is 1. The first-order valence-corrected chi connectivity index (χ1v) is 25.1. The van der Waals surface area contributed by atoms with Crippen LogP contribution in [0.15, 0.2) is 47.6 Å². The number of hydrogen-bond donors (Lipinski definition) is 3. The summed E-state index contributed by atoms with van der Waals surface area (Å²) in [6, 6.07) is 0.291. The Bertz CT molecular complexity index is 1400. The highest BCUT2D eigenvalue weighted by Gasteiger charge is 2.43. The molecule has 364 valence electrons. The van der Waals surface area contributed by atoms with Gasteiger partial charge in [-0.15, -0.1) is 0 Å². The van der Waals surface area contributed by atoms with Crippen molar-refractivity contribution < 1.29 is 43.7 Å². The van der Waals surface area contributed by atoms with Gasteiger partial charge in [-0.3, -0.25) is 4.90 Å². The van der Waals surface area contributed by atoms with E-state index < -0.39 is 11.9 Å². The largest absolute Gasteiger partial charge is 0.394 e. The fraction of sp³-hybridized carbons (Fsp3) is 0.849. The highest BCUT2D eigenvalue weighted by Crippen LogP contribution is 2.39. The first-order valence-electron chi connectivity index (χ1n) is 25.1. The first-order chi connectivity index (χ1) is 30.2. The minimum atomic E-state index is -1.18. The number of fused-ring (bicyclic) bond motifs is 3. The lowest BCUT2D eigenvalue weighted by atomic mass is 9.78. The maximum Gasteiger partial charge on any atom is 0.169 e. The molecule has 3 fully saturated rings. The monoisotopic (exact) mass is 888 g/mol. The van der Waals surface area contributed by atoms with Crippen molar-refractivity contribution in [2.45, 2.75) is 199 Å². The Kier molecular flexibility index (Phi) is 24.1. The van der Waals surface area contributed by atoms with E-state index >= 15 is 0 Å². The lowest BCUT2D eigenvalue weighted by Gasteiger charge is -2.45. The van der Waals surface area contributed by atoms with Gasteiger partial charge in [0.2, 0.25) is 0 Å². The summed E-state index contributed by atoms with van der Waals surface area (Å²) in [4.78, 5) is 2.56. The van der Waals surface area contributed by atoms with E-state index in [1.807, 2.05) is 0 Å². The zero-order valence-corrected chi connectivity index (χ0v) is 41.4. The quantitative estimate of drug-likeness (QED) is 0.193. The van der Waals surface area contributed by atoms with Gasteiger partial charge < -0.3 is 43.7 Å². The molecular weight excluding hydrogens is 795 g/mol. The number of methoxy groups -OCH3 is 3. The van der Waals surface area contributed by atoms with Crippen LogP contribution in [-0.2, 0) is 28.4 Å². The lowest BCUT2D eigenvalue weighted by Crippen LogP contribution is -2.51. The van der Waals surface area contributed by atoms with E-state index in [2.05, 4.69) is 89.8 Å². The maximum absolute atomic E-state index is 12.1. The third-order valence-electron chi connectivity index (χ3n) is 15.3. The fourth-order valence-corrected chi connectivity index (χ4v) is 11.2. The van der Waals surface area contributed by atoms with E-state index in [0.29, 0.717) is 55.8 Å². The molecule has 1 saturated carbocycles. The summed E-state index contributed by atoms with van der Waals surface area (Å²) < 4.78 is 37.6. The highest BCUT2D eigenvalue weighted by atomic mass is 16.6. The zero-order valence-electron chi connectivity index (χ0n) is 41.4. The van der Waals surface area contributed by atoms with Gasteiger partial charge in [0.1, 0.15) is 6.10 Å². The Morgan fingerprint density at radius 1 is 0.794 bits per heavy atom. The van der Waals surface area contributed by atoms with Gasteiger partial charge in [0.15, 0.2) is 5.79 Å². The molecule has 0 unspecified atom stereocenters. The molecule has 10 heteroatoms. The van der Waals surface area contributed by atoms with Crippen LogP contribution in [-0.4, -0.2) is 129 Å². The number of hydrogen-bond acceptors (Lipinski definition) is 10. The number of ether oxygens (including phenoxy) is 6. The third kappa shape index (κ3) is 17.6. The van der Waals surface area contributed by atoms with Crippen molar-refractivity contribution in [2.75, 3.05) is 54.2 Å². The van der Waals surface area contributed by atoms with Gasteiger partial charge >= 0.3 is 0 Å². The molecule has 3 aliphatic heterocycles. The van der Waals surface area contributed by atoms with Crippen molar-refractivity contribution in [2.24, 2.45) is 35.5 Å². The lowest BCUT2D eigenvalue weighted by molar-refractivity contribution is -0.287. The summed E-state index contributed by atoms with van der Waals surface area (Å²) in [7, 11) is 5.27. The van der Waals surface area contributed by atoms with Crippen LogP contribution in [0, 0.1) is 35.5 Å². The molecule has 2 bridgehead atoms. The summed E-state index contributed by atoms with van der Waals surface area (Å²) in [6.45, 7) is 18.3. The minimum absolute atomic E-state index is 0.0277. The topological polar surface area (TPSA) is 119 Å². The van der Waals surface area contributed by atoms with Crippen molar-refractivity contribution in [1.29, 1.82) is 0 Å². The predicted octanol–water partition coefficient (Wildman–Crippen LogP) is 9.61. The fourth-order valence-electron chi connectivity index (χ4n) is 11.2. The normalized spacial score (nSPS) is 40.2. The third-order valence-corrected chi connectivity index (χ3v) is 15.3. The van der Waals surface area contributed by atoms with Crippen LogP contribution in [0.1, 0.15) is 145 Å². The summed E-state index contributed by atoms with van der Waals surface area (Å²) in [6.07, 6.45) is 26.3. The predicted molar refractivity (Wildman–Crippen MR) is 255 cm³/mol. The van der Waals surface area contributed by atoms with Crippen LogP contribution < -0.4 is 0 Å². The van der Waals surface area contributed by atoms with Crippen LogP contribution in [0.4, 0.5) is 0 Å². The second kappa shape index (κ2) is 28.0. The molecule has 63 heavy (non-hydrogen) atoms. The van der Waals surface area contributed by atoms with Gasteiger partial charge in [-0.05, 0) is 138 Å². The van der Waals surface area contributed by atoms with Crippen LogP contribution in [0.2, 0.25) is 0 Å². The molecule has 0 radical (unpaired) electrons. The van der Waals surface area contributed by atoms with Crippen LogP contribution in [0.5, 0.6) is 0 Å². The molecule has 3 N–H and O–H groups in total. The summed E-state index contributed by atoms with van der Waals surface area (Å²) in [5, 5.41) is 33.1. The van der Waals surface area contributed by atoms with E-state index in [9.17, 15) is 15.3 Å². The van der Waals surface area contributed by atoms with E-state index in [4.69, 9.17) is 28.4 Å². The SMILES string of the molecule is CO[C@H]1C[C@@H]2CC[C@@H](C)[C@@](O)(CCN3CCCC[C@H]3CO[C@H]([C@H](C)C[C@@H]3CC[C@@H](OCCO)[C@H](OC)C3)CC[C@@H](C)/C=C(\C)[C@@H](O)[C@H](OC)C[C@H](C)C[C@H](C)/C=C/C=CC=C1C)O2. The van der Waals surface area contributed by atoms with E-state index in [-0.39, 0.29) is 55.1 Å². The van der Waals surface area contributed by atoms with E-state index in [1.54, 1.807) is 21.3 Å². The molecule has 0 aromatic rings. The van der Waals surface area contributed by atoms with Crippen LogP contribution in [0.25, 0.3) is 0 Å². The summed E-state index contributed by atoms with van der Waals surface area (Å²) in [5.41, 5.74) is 2.11. The van der Waals surface area contributed by atoms with Crippen LogP contribution in [0.3, 0.4) is 0 Å².